The van der Waals surface area contributed by atoms with E-state index < -0.39 is 16.1 Å². The van der Waals surface area contributed by atoms with Crippen LogP contribution < -0.4 is 0 Å². The van der Waals surface area contributed by atoms with Crippen LogP contribution in [0.4, 0.5) is 0 Å². The average molecular weight is 259 g/mol. The molecule has 0 aromatic rings. The zero-order chi connectivity index (χ0) is 12.3. The molecule has 1 aliphatic heterocycles. The molecule has 0 aromatic heterocycles. The van der Waals surface area contributed by atoms with E-state index in [2.05, 4.69) is 0 Å². The van der Waals surface area contributed by atoms with Crippen molar-refractivity contribution in [1.29, 1.82) is 0 Å². The maximum absolute atomic E-state index is 12.5. The molecule has 1 unspecified atom stereocenters. The third kappa shape index (κ3) is 2.71. The Kier molecular flexibility index (Phi) is 4.20. The molecule has 0 aromatic carbocycles. The Morgan fingerprint density at radius 1 is 0.941 bits per heavy atom. The minimum atomic E-state index is -3.24. The van der Waals surface area contributed by atoms with Crippen molar-refractivity contribution in [3.63, 3.8) is 0 Å². The van der Waals surface area contributed by atoms with Gasteiger partial charge in [-0.05, 0) is 25.7 Å². The number of rotatable bonds is 3. The summed E-state index contributed by atoms with van der Waals surface area (Å²) in [6.45, 7) is 0.530. The first-order valence-corrected chi connectivity index (χ1v) is 8.12. The Morgan fingerprint density at radius 2 is 1.59 bits per heavy atom. The Balaban J connectivity index is 2.14. The summed E-state index contributed by atoms with van der Waals surface area (Å²) >= 11 is 0. The van der Waals surface area contributed by atoms with E-state index in [1.165, 1.54) is 4.31 Å². The molecule has 2 fully saturated rings. The Hall–Kier alpha value is -0.420. The molecule has 0 N–H and O–H groups in total. The van der Waals surface area contributed by atoms with Crippen LogP contribution in [0.15, 0.2) is 0 Å². The lowest BCUT2D eigenvalue weighted by molar-refractivity contribution is -0.111. The quantitative estimate of drug-likeness (QED) is 0.725. The molecule has 2 aliphatic rings. The fourth-order valence-electron chi connectivity index (χ4n) is 2.94. The van der Waals surface area contributed by atoms with Gasteiger partial charge in [-0.1, -0.05) is 25.7 Å². The van der Waals surface area contributed by atoms with Crippen LogP contribution in [0.5, 0.6) is 0 Å². The van der Waals surface area contributed by atoms with Crippen molar-refractivity contribution >= 4 is 16.3 Å². The van der Waals surface area contributed by atoms with Crippen LogP contribution in [0.2, 0.25) is 0 Å². The van der Waals surface area contributed by atoms with Crippen molar-refractivity contribution in [2.75, 3.05) is 6.54 Å². The first-order chi connectivity index (χ1) is 8.16. The largest absolute Gasteiger partial charge is 0.302 e. The molecule has 0 amide bonds. The van der Waals surface area contributed by atoms with Crippen LogP contribution >= 0.6 is 0 Å². The second-order valence-corrected chi connectivity index (χ2v) is 7.28. The lowest BCUT2D eigenvalue weighted by atomic mass is 10.0. The number of sulfonamides is 1. The summed E-state index contributed by atoms with van der Waals surface area (Å²) in [5.41, 5.74) is 0. The predicted octanol–water partition coefficient (Wildman–Crippen LogP) is 1.70. The van der Waals surface area contributed by atoms with E-state index in [9.17, 15) is 13.2 Å². The molecule has 0 spiro atoms. The molecule has 0 radical (unpaired) electrons. The van der Waals surface area contributed by atoms with Gasteiger partial charge in [-0.3, -0.25) is 0 Å². The highest BCUT2D eigenvalue weighted by atomic mass is 32.2. The molecule has 1 saturated heterocycles. The third-order valence-corrected chi connectivity index (χ3v) is 6.38. The Labute approximate surface area is 103 Å². The van der Waals surface area contributed by atoms with Gasteiger partial charge in [-0.25, -0.2) is 8.42 Å². The topological polar surface area (TPSA) is 54.5 Å². The third-order valence-electron chi connectivity index (χ3n) is 3.96. The number of piperidine rings is 1. The van der Waals surface area contributed by atoms with E-state index in [0.29, 0.717) is 13.0 Å². The number of carbonyl (C=O) groups is 1. The molecule has 0 bridgehead atoms. The van der Waals surface area contributed by atoms with Gasteiger partial charge in [0.05, 0.1) is 11.3 Å². The number of aldehydes is 1. The SMILES string of the molecule is O=CC1CCCCN1S(=O)(=O)C1CCCCC1. The first-order valence-electron chi connectivity index (χ1n) is 6.62. The van der Waals surface area contributed by atoms with Gasteiger partial charge in [0.1, 0.15) is 6.29 Å². The number of hydrogen-bond donors (Lipinski definition) is 0. The molecule has 1 atom stereocenters. The summed E-state index contributed by atoms with van der Waals surface area (Å²) in [6, 6.07) is -0.407. The minimum Gasteiger partial charge on any atom is -0.302 e. The van der Waals surface area contributed by atoms with Crippen LogP contribution in [0.3, 0.4) is 0 Å². The van der Waals surface area contributed by atoms with E-state index in [1.54, 1.807) is 0 Å². The molecule has 5 heteroatoms. The van der Waals surface area contributed by atoms with Crippen LogP contribution in [-0.2, 0) is 14.8 Å². The van der Waals surface area contributed by atoms with Crippen LogP contribution in [-0.4, -0.2) is 36.8 Å². The van der Waals surface area contributed by atoms with Gasteiger partial charge in [-0.2, -0.15) is 4.31 Å². The monoisotopic (exact) mass is 259 g/mol. The van der Waals surface area contributed by atoms with E-state index in [0.717, 1.165) is 51.2 Å². The van der Waals surface area contributed by atoms with Gasteiger partial charge >= 0.3 is 0 Å². The standard InChI is InChI=1S/C12H21NO3S/c14-10-11-6-4-5-9-13(11)17(15,16)12-7-2-1-3-8-12/h10-12H,1-9H2. The average Bonchev–Trinajstić information content (AvgIpc) is 2.39. The van der Waals surface area contributed by atoms with Crippen LogP contribution in [0, 0.1) is 0 Å². The molecular formula is C12H21NO3S. The molecule has 1 saturated carbocycles. The molecule has 1 aliphatic carbocycles. The Bertz CT molecular complexity index is 360. The summed E-state index contributed by atoms with van der Waals surface area (Å²) in [7, 11) is -3.24. The number of carbonyl (C=O) groups excluding carboxylic acids is 1. The van der Waals surface area contributed by atoms with Crippen molar-refractivity contribution in [3.8, 4) is 0 Å². The maximum atomic E-state index is 12.5. The predicted molar refractivity (Wildman–Crippen MR) is 66.2 cm³/mol. The van der Waals surface area contributed by atoms with Crippen molar-refractivity contribution < 1.29 is 13.2 Å². The van der Waals surface area contributed by atoms with Gasteiger partial charge in [-0.15, -0.1) is 0 Å². The highest BCUT2D eigenvalue weighted by molar-refractivity contribution is 7.89. The fraction of sp³-hybridized carbons (Fsp3) is 0.917. The van der Waals surface area contributed by atoms with Crippen molar-refractivity contribution in [1.82, 2.24) is 4.31 Å². The van der Waals surface area contributed by atoms with E-state index in [-0.39, 0.29) is 5.25 Å². The van der Waals surface area contributed by atoms with Crippen molar-refractivity contribution in [2.45, 2.75) is 62.7 Å². The first kappa shape index (κ1) is 13.0. The number of nitrogens with zero attached hydrogens (tertiary/aromatic N) is 1. The summed E-state index contributed by atoms with van der Waals surface area (Å²) in [4.78, 5) is 11.0. The van der Waals surface area contributed by atoms with E-state index >= 15 is 0 Å². The molecule has 4 nitrogen and oxygen atoms in total. The second-order valence-electron chi connectivity index (χ2n) is 5.11. The highest BCUT2D eigenvalue weighted by Gasteiger charge is 2.37. The Morgan fingerprint density at radius 3 is 2.24 bits per heavy atom. The fourth-order valence-corrected chi connectivity index (χ4v) is 5.17. The van der Waals surface area contributed by atoms with Crippen LogP contribution in [0.1, 0.15) is 51.4 Å². The lowest BCUT2D eigenvalue weighted by Gasteiger charge is -2.35. The van der Waals surface area contributed by atoms with Gasteiger partial charge in [0.15, 0.2) is 0 Å². The van der Waals surface area contributed by atoms with Gasteiger partial charge in [0, 0.05) is 6.54 Å². The van der Waals surface area contributed by atoms with Crippen LogP contribution in [0.25, 0.3) is 0 Å². The summed E-state index contributed by atoms with van der Waals surface area (Å²) in [5.74, 6) is 0. The van der Waals surface area contributed by atoms with Gasteiger partial charge in [0.2, 0.25) is 10.0 Å². The highest BCUT2D eigenvalue weighted by Crippen LogP contribution is 2.29. The minimum absolute atomic E-state index is 0.239. The molecule has 17 heavy (non-hydrogen) atoms. The molecular weight excluding hydrogens is 238 g/mol. The van der Waals surface area contributed by atoms with E-state index in [4.69, 9.17) is 0 Å². The molecule has 2 rings (SSSR count). The molecule has 1 heterocycles. The molecule has 98 valence electrons. The zero-order valence-corrected chi connectivity index (χ0v) is 11.0. The normalized spacial score (nSPS) is 29.1. The second kappa shape index (κ2) is 5.48. The zero-order valence-electron chi connectivity index (χ0n) is 10.2. The summed E-state index contributed by atoms with van der Waals surface area (Å²) in [6.07, 6.45) is 8.02. The van der Waals surface area contributed by atoms with E-state index in [1.807, 2.05) is 0 Å². The smallest absolute Gasteiger partial charge is 0.217 e. The maximum Gasteiger partial charge on any atom is 0.217 e. The summed E-state index contributed by atoms with van der Waals surface area (Å²) in [5, 5.41) is -0.239. The van der Waals surface area contributed by atoms with Gasteiger partial charge < -0.3 is 4.79 Å². The van der Waals surface area contributed by atoms with Gasteiger partial charge in [0.25, 0.3) is 0 Å². The number of hydrogen-bond acceptors (Lipinski definition) is 3. The van der Waals surface area contributed by atoms with Crippen molar-refractivity contribution in [2.24, 2.45) is 0 Å². The summed E-state index contributed by atoms with van der Waals surface area (Å²) < 4.78 is 26.4. The van der Waals surface area contributed by atoms with Crippen molar-refractivity contribution in [3.05, 3.63) is 0 Å². The lowest BCUT2D eigenvalue weighted by Crippen LogP contribution is -2.48.